The molecule has 1 rings (SSSR count). The molecule has 0 atom stereocenters. The number of nitrogens with one attached hydrogen (secondary N) is 3. The van der Waals surface area contributed by atoms with Gasteiger partial charge in [-0.25, -0.2) is 4.99 Å². The van der Waals surface area contributed by atoms with Crippen molar-refractivity contribution in [3.63, 3.8) is 0 Å². The summed E-state index contributed by atoms with van der Waals surface area (Å²) in [4.78, 5) is 16.1. The maximum absolute atomic E-state index is 11.7. The van der Waals surface area contributed by atoms with Gasteiger partial charge in [0.1, 0.15) is 6.54 Å². The van der Waals surface area contributed by atoms with Crippen molar-refractivity contribution < 1.29 is 9.53 Å². The molecule has 3 N–H and O–H groups in total. The third kappa shape index (κ3) is 7.68. The van der Waals surface area contributed by atoms with Crippen molar-refractivity contribution in [3.05, 3.63) is 0 Å². The number of hydrogen-bond acceptors (Lipinski definition) is 3. The summed E-state index contributed by atoms with van der Waals surface area (Å²) in [6.07, 6.45) is 5.14. The zero-order valence-electron chi connectivity index (χ0n) is 15.2. The number of amides is 1. The molecule has 0 radical (unpaired) electrons. The van der Waals surface area contributed by atoms with Crippen LogP contribution in [0.3, 0.4) is 0 Å². The minimum Gasteiger partial charge on any atom is -0.383 e. The first-order valence-corrected chi connectivity index (χ1v) is 8.79. The monoisotopic (exact) mass is 326 g/mol. The van der Waals surface area contributed by atoms with Gasteiger partial charge in [0.25, 0.3) is 0 Å². The summed E-state index contributed by atoms with van der Waals surface area (Å²) < 4.78 is 4.91. The molecule has 1 fully saturated rings. The Morgan fingerprint density at radius 1 is 1.26 bits per heavy atom. The van der Waals surface area contributed by atoms with Gasteiger partial charge in [-0.2, -0.15) is 0 Å². The molecule has 6 nitrogen and oxygen atoms in total. The van der Waals surface area contributed by atoms with Crippen molar-refractivity contribution in [2.45, 2.75) is 46.5 Å². The minimum absolute atomic E-state index is 0.0835. The first kappa shape index (κ1) is 19.7. The van der Waals surface area contributed by atoms with E-state index in [4.69, 9.17) is 4.74 Å². The largest absolute Gasteiger partial charge is 0.383 e. The highest BCUT2D eigenvalue weighted by Crippen LogP contribution is 2.45. The van der Waals surface area contributed by atoms with Crippen LogP contribution >= 0.6 is 0 Å². The highest BCUT2D eigenvalue weighted by Gasteiger charge is 2.37. The molecule has 6 heteroatoms. The second kappa shape index (κ2) is 10.5. The Hall–Kier alpha value is -1.30. The summed E-state index contributed by atoms with van der Waals surface area (Å²) in [5, 5.41) is 9.41. The number of aliphatic imine (C=N–C) groups is 1. The lowest BCUT2D eigenvalue weighted by Crippen LogP contribution is -2.47. The van der Waals surface area contributed by atoms with E-state index in [2.05, 4.69) is 34.8 Å². The lowest BCUT2D eigenvalue weighted by molar-refractivity contribution is -0.119. The summed E-state index contributed by atoms with van der Waals surface area (Å²) >= 11 is 0. The molecule has 0 saturated heterocycles. The standard InChI is InChI=1S/C17H34N4O2/c1-5-18-16(20-12-15(22)19-9-10-23-4)21-13-17(7-6-8-17)11-14(2)3/h14H,5-13H2,1-4H3,(H,19,22)(H2,18,20,21). The van der Waals surface area contributed by atoms with Crippen molar-refractivity contribution in [1.82, 2.24) is 16.0 Å². The molecular formula is C17H34N4O2. The number of nitrogens with zero attached hydrogens (tertiary/aromatic N) is 1. The van der Waals surface area contributed by atoms with Gasteiger partial charge in [0.15, 0.2) is 5.96 Å². The average Bonchev–Trinajstić information content (AvgIpc) is 2.47. The van der Waals surface area contributed by atoms with Crippen LogP contribution in [0.4, 0.5) is 0 Å². The Kier molecular flexibility index (Phi) is 8.99. The predicted octanol–water partition coefficient (Wildman–Crippen LogP) is 1.52. The first-order chi connectivity index (χ1) is 11.0. The Morgan fingerprint density at radius 3 is 2.52 bits per heavy atom. The fraction of sp³-hybridized carbons (Fsp3) is 0.882. The fourth-order valence-corrected chi connectivity index (χ4v) is 3.11. The predicted molar refractivity (Wildman–Crippen MR) is 94.6 cm³/mol. The van der Waals surface area contributed by atoms with Gasteiger partial charge < -0.3 is 20.7 Å². The molecule has 0 spiro atoms. The fourth-order valence-electron chi connectivity index (χ4n) is 3.11. The Balaban J connectivity index is 2.44. The van der Waals surface area contributed by atoms with Gasteiger partial charge in [-0.1, -0.05) is 20.3 Å². The van der Waals surface area contributed by atoms with Gasteiger partial charge in [0.05, 0.1) is 6.61 Å². The van der Waals surface area contributed by atoms with Crippen LogP contribution < -0.4 is 16.0 Å². The topological polar surface area (TPSA) is 74.8 Å². The summed E-state index contributed by atoms with van der Waals surface area (Å²) in [5.74, 6) is 1.35. The van der Waals surface area contributed by atoms with Gasteiger partial charge in [-0.3, -0.25) is 4.79 Å². The quantitative estimate of drug-likeness (QED) is 0.323. The lowest BCUT2D eigenvalue weighted by atomic mass is 9.64. The van der Waals surface area contributed by atoms with Crippen LogP contribution in [-0.4, -0.2) is 51.8 Å². The van der Waals surface area contributed by atoms with Crippen LogP contribution in [0.2, 0.25) is 0 Å². The van der Waals surface area contributed by atoms with Crippen LogP contribution in [0, 0.1) is 11.3 Å². The smallest absolute Gasteiger partial charge is 0.241 e. The molecule has 0 aromatic heterocycles. The Labute approximate surface area is 140 Å². The van der Waals surface area contributed by atoms with Gasteiger partial charge in [-0.05, 0) is 37.5 Å². The van der Waals surface area contributed by atoms with Gasteiger partial charge in [-0.15, -0.1) is 0 Å². The van der Waals surface area contributed by atoms with Crippen LogP contribution in [0.5, 0.6) is 0 Å². The molecule has 0 bridgehead atoms. The van der Waals surface area contributed by atoms with Gasteiger partial charge in [0.2, 0.25) is 5.91 Å². The summed E-state index contributed by atoms with van der Waals surface area (Å²) in [5.41, 5.74) is 0.408. The zero-order chi connectivity index (χ0) is 17.1. The maximum Gasteiger partial charge on any atom is 0.241 e. The molecule has 1 amide bonds. The number of ether oxygens (including phenoxy) is 1. The van der Waals surface area contributed by atoms with Crippen molar-refractivity contribution in [2.24, 2.45) is 16.3 Å². The molecular weight excluding hydrogens is 292 g/mol. The minimum atomic E-state index is -0.0835. The summed E-state index contributed by atoms with van der Waals surface area (Å²) in [7, 11) is 1.62. The molecule has 1 aliphatic rings. The molecule has 134 valence electrons. The third-order valence-corrected chi connectivity index (χ3v) is 4.24. The van der Waals surface area contributed by atoms with E-state index in [1.54, 1.807) is 7.11 Å². The van der Waals surface area contributed by atoms with Crippen LogP contribution in [0.1, 0.15) is 46.5 Å². The van der Waals surface area contributed by atoms with Crippen LogP contribution in [0.25, 0.3) is 0 Å². The Morgan fingerprint density at radius 2 is 2.00 bits per heavy atom. The molecule has 0 aromatic carbocycles. The molecule has 0 heterocycles. The Bertz CT molecular complexity index is 379. The average molecular weight is 326 g/mol. The molecule has 1 saturated carbocycles. The van der Waals surface area contributed by atoms with Crippen LogP contribution in [-0.2, 0) is 9.53 Å². The number of hydrogen-bond donors (Lipinski definition) is 3. The SMILES string of the molecule is CCNC(=NCC(=O)NCCOC)NCC1(CC(C)C)CCC1. The highest BCUT2D eigenvalue weighted by atomic mass is 16.5. The summed E-state index contributed by atoms with van der Waals surface area (Å²) in [6, 6.07) is 0. The number of guanidine groups is 1. The van der Waals surface area contributed by atoms with Crippen molar-refractivity contribution in [1.29, 1.82) is 0 Å². The van der Waals surface area contributed by atoms with Gasteiger partial charge in [0, 0.05) is 26.7 Å². The van der Waals surface area contributed by atoms with E-state index in [0.717, 1.165) is 19.0 Å². The lowest BCUT2D eigenvalue weighted by Gasteiger charge is -2.43. The maximum atomic E-state index is 11.7. The molecule has 1 aliphatic carbocycles. The van der Waals surface area contributed by atoms with E-state index in [0.29, 0.717) is 24.5 Å². The van der Waals surface area contributed by atoms with E-state index < -0.39 is 0 Å². The van der Waals surface area contributed by atoms with E-state index >= 15 is 0 Å². The first-order valence-electron chi connectivity index (χ1n) is 8.79. The second-order valence-electron chi connectivity index (χ2n) is 6.84. The summed E-state index contributed by atoms with van der Waals surface area (Å²) in [6.45, 7) is 9.49. The number of methoxy groups -OCH3 is 1. The highest BCUT2D eigenvalue weighted by molar-refractivity contribution is 5.84. The number of carbonyl (C=O) groups excluding carboxylic acids is 1. The van der Waals surface area contributed by atoms with E-state index in [1.807, 2.05) is 6.92 Å². The molecule has 0 aliphatic heterocycles. The van der Waals surface area contributed by atoms with E-state index in [-0.39, 0.29) is 12.5 Å². The zero-order valence-corrected chi connectivity index (χ0v) is 15.2. The number of carbonyl (C=O) groups is 1. The van der Waals surface area contributed by atoms with E-state index in [1.165, 1.54) is 25.7 Å². The van der Waals surface area contributed by atoms with Crippen molar-refractivity contribution >= 4 is 11.9 Å². The third-order valence-electron chi connectivity index (χ3n) is 4.24. The molecule has 23 heavy (non-hydrogen) atoms. The van der Waals surface area contributed by atoms with E-state index in [9.17, 15) is 4.79 Å². The molecule has 0 aromatic rings. The normalized spacial score (nSPS) is 16.8. The second-order valence-corrected chi connectivity index (χ2v) is 6.84. The van der Waals surface area contributed by atoms with Crippen LogP contribution in [0.15, 0.2) is 4.99 Å². The van der Waals surface area contributed by atoms with Gasteiger partial charge >= 0.3 is 0 Å². The van der Waals surface area contributed by atoms with Crippen molar-refractivity contribution in [2.75, 3.05) is 39.9 Å². The number of rotatable bonds is 10. The van der Waals surface area contributed by atoms with Crippen molar-refractivity contribution in [3.8, 4) is 0 Å². The molecule has 0 unspecified atom stereocenters.